The number of halogens is 6. The lowest BCUT2D eigenvalue weighted by molar-refractivity contribution is -0.143. The van der Waals surface area contributed by atoms with E-state index in [-0.39, 0.29) is 9.81 Å². The molecule has 0 radical (unpaired) electrons. The van der Waals surface area contributed by atoms with E-state index < -0.39 is 40.8 Å². The highest BCUT2D eigenvalue weighted by atomic mass is 32.1. The van der Waals surface area contributed by atoms with Crippen LogP contribution < -0.4 is 5.32 Å². The molecule has 5 nitrogen and oxygen atoms in total. The molecular weight excluding hydrogens is 470 g/mol. The first-order valence-corrected chi connectivity index (χ1v) is 10.1. The van der Waals surface area contributed by atoms with Crippen LogP contribution in [0, 0.1) is 0 Å². The Morgan fingerprint density at radius 3 is 2.33 bits per heavy atom. The van der Waals surface area contributed by atoms with E-state index in [2.05, 4.69) is 15.4 Å². The number of hydrogen-bond donors (Lipinski definition) is 1. The molecule has 0 aliphatic rings. The number of thiazole rings is 1. The van der Waals surface area contributed by atoms with Crippen molar-refractivity contribution >= 4 is 22.4 Å². The lowest BCUT2D eigenvalue weighted by atomic mass is 10.1. The maximum absolute atomic E-state index is 13.8. The molecule has 0 aliphatic carbocycles. The van der Waals surface area contributed by atoms with Gasteiger partial charge in [0, 0.05) is 10.9 Å². The van der Waals surface area contributed by atoms with Crippen molar-refractivity contribution in [2.45, 2.75) is 12.4 Å². The van der Waals surface area contributed by atoms with Gasteiger partial charge < -0.3 is 0 Å². The summed E-state index contributed by atoms with van der Waals surface area (Å²) in [6, 6.07) is 12.2. The van der Waals surface area contributed by atoms with Gasteiger partial charge in [-0.25, -0.2) is 9.67 Å². The second kappa shape index (κ2) is 8.35. The van der Waals surface area contributed by atoms with Gasteiger partial charge in [-0.05, 0) is 18.2 Å². The van der Waals surface area contributed by atoms with E-state index in [4.69, 9.17) is 0 Å². The third-order valence-corrected chi connectivity index (χ3v) is 5.25. The minimum atomic E-state index is -5.07. The fourth-order valence-corrected chi connectivity index (χ4v) is 3.75. The molecular formula is C21H12F6N4OS. The number of benzene rings is 2. The summed E-state index contributed by atoms with van der Waals surface area (Å²) in [6.45, 7) is 0. The normalized spacial score (nSPS) is 12.1. The Balaban J connectivity index is 1.67. The predicted molar refractivity (Wildman–Crippen MR) is 109 cm³/mol. The van der Waals surface area contributed by atoms with E-state index in [1.165, 1.54) is 0 Å². The van der Waals surface area contributed by atoms with Crippen LogP contribution in [0.25, 0.3) is 16.9 Å². The maximum Gasteiger partial charge on any atom is 0.434 e. The highest BCUT2D eigenvalue weighted by Gasteiger charge is 2.41. The molecule has 170 valence electrons. The second-order valence-electron chi connectivity index (χ2n) is 6.72. The second-order valence-corrected chi connectivity index (χ2v) is 7.58. The molecule has 0 saturated heterocycles. The molecule has 0 spiro atoms. The van der Waals surface area contributed by atoms with Crippen molar-refractivity contribution in [1.82, 2.24) is 14.8 Å². The number of amides is 1. The van der Waals surface area contributed by atoms with E-state index in [1.54, 1.807) is 35.7 Å². The molecule has 2 aromatic heterocycles. The number of rotatable bonds is 4. The predicted octanol–water partition coefficient (Wildman–Crippen LogP) is 6.29. The molecule has 0 saturated carbocycles. The summed E-state index contributed by atoms with van der Waals surface area (Å²) in [5.41, 5.74) is -2.72. The summed E-state index contributed by atoms with van der Waals surface area (Å²) in [4.78, 5) is 16.8. The van der Waals surface area contributed by atoms with Gasteiger partial charge in [-0.15, -0.1) is 11.3 Å². The van der Waals surface area contributed by atoms with Crippen LogP contribution in [-0.2, 0) is 12.4 Å². The Morgan fingerprint density at radius 1 is 0.939 bits per heavy atom. The van der Waals surface area contributed by atoms with Gasteiger partial charge >= 0.3 is 12.4 Å². The van der Waals surface area contributed by atoms with Gasteiger partial charge in [0.15, 0.2) is 10.8 Å². The molecule has 0 fully saturated rings. The molecule has 0 bridgehead atoms. The van der Waals surface area contributed by atoms with Crippen molar-refractivity contribution < 1.29 is 31.1 Å². The van der Waals surface area contributed by atoms with Gasteiger partial charge in [0.25, 0.3) is 5.91 Å². The Morgan fingerprint density at radius 2 is 1.67 bits per heavy atom. The van der Waals surface area contributed by atoms with Crippen LogP contribution in [0.4, 0.5) is 31.5 Å². The smallest absolute Gasteiger partial charge is 0.298 e. The molecule has 4 rings (SSSR count). The van der Waals surface area contributed by atoms with Crippen molar-refractivity contribution in [3.63, 3.8) is 0 Å². The van der Waals surface area contributed by atoms with E-state index in [0.717, 1.165) is 35.1 Å². The van der Waals surface area contributed by atoms with E-state index in [9.17, 15) is 31.1 Å². The first-order chi connectivity index (χ1) is 15.5. The van der Waals surface area contributed by atoms with E-state index in [1.807, 2.05) is 0 Å². The van der Waals surface area contributed by atoms with Crippen LogP contribution in [0.2, 0.25) is 0 Å². The fraction of sp³-hybridized carbons (Fsp3) is 0.0952. The summed E-state index contributed by atoms with van der Waals surface area (Å²) in [5.74, 6) is -1.14. The highest BCUT2D eigenvalue weighted by Crippen LogP contribution is 2.36. The number of anilines is 1. The largest absolute Gasteiger partial charge is 0.434 e. The summed E-state index contributed by atoms with van der Waals surface area (Å²) in [7, 11) is 0. The standard InChI is InChI=1S/C21H12F6N4OS/c22-20(23,24)13-7-4-8-14(9-13)31-17(21(25,26)27)15(10-28-31)18(32)30-19-29-16(11-33-19)12-5-2-1-3-6-12/h1-11H,(H,29,30,32). The number of carbonyl (C=O) groups excluding carboxylic acids is 1. The average Bonchev–Trinajstić information content (AvgIpc) is 3.41. The first-order valence-electron chi connectivity index (χ1n) is 9.19. The minimum Gasteiger partial charge on any atom is -0.298 e. The quantitative estimate of drug-likeness (QED) is 0.348. The number of alkyl halides is 6. The molecule has 0 unspecified atom stereocenters. The zero-order chi connectivity index (χ0) is 23.8. The van der Waals surface area contributed by atoms with Gasteiger partial charge in [0.1, 0.15) is 0 Å². The lowest BCUT2D eigenvalue weighted by Crippen LogP contribution is -2.21. The summed E-state index contributed by atoms with van der Waals surface area (Å²) in [5, 5.41) is 7.52. The summed E-state index contributed by atoms with van der Waals surface area (Å²) >= 11 is 1.01. The SMILES string of the molecule is O=C(Nc1nc(-c2ccccc2)cs1)c1cnn(-c2cccc(C(F)(F)F)c2)c1C(F)(F)F. The molecule has 0 aliphatic heterocycles. The monoisotopic (exact) mass is 482 g/mol. The average molecular weight is 482 g/mol. The topological polar surface area (TPSA) is 59.8 Å². The molecule has 1 N–H and O–H groups in total. The third-order valence-electron chi connectivity index (χ3n) is 4.49. The van der Waals surface area contributed by atoms with Crippen molar-refractivity contribution in [3.8, 4) is 16.9 Å². The summed E-state index contributed by atoms with van der Waals surface area (Å²) < 4.78 is 80.7. The Bertz CT molecular complexity index is 1290. The third kappa shape index (κ3) is 4.75. The van der Waals surface area contributed by atoms with Gasteiger partial charge in [-0.2, -0.15) is 31.4 Å². The molecule has 4 aromatic rings. The van der Waals surface area contributed by atoms with Gasteiger partial charge in [-0.3, -0.25) is 10.1 Å². The van der Waals surface area contributed by atoms with Crippen LogP contribution >= 0.6 is 11.3 Å². The van der Waals surface area contributed by atoms with Crippen LogP contribution in [0.1, 0.15) is 21.6 Å². The number of nitrogens with one attached hydrogen (secondary N) is 1. The minimum absolute atomic E-state index is 0.0544. The number of carbonyl (C=O) groups is 1. The number of aromatic nitrogens is 3. The molecule has 2 aromatic carbocycles. The number of hydrogen-bond acceptors (Lipinski definition) is 4. The Hall–Kier alpha value is -3.67. The molecule has 33 heavy (non-hydrogen) atoms. The Kier molecular flexibility index (Phi) is 5.70. The maximum atomic E-state index is 13.8. The van der Waals surface area contributed by atoms with Gasteiger partial charge in [-0.1, -0.05) is 36.4 Å². The van der Waals surface area contributed by atoms with Crippen molar-refractivity contribution in [2.24, 2.45) is 0 Å². The molecule has 0 atom stereocenters. The van der Waals surface area contributed by atoms with E-state index in [0.29, 0.717) is 18.0 Å². The van der Waals surface area contributed by atoms with Crippen molar-refractivity contribution in [1.29, 1.82) is 0 Å². The van der Waals surface area contributed by atoms with Crippen LogP contribution in [0.5, 0.6) is 0 Å². The van der Waals surface area contributed by atoms with Crippen LogP contribution in [-0.4, -0.2) is 20.7 Å². The van der Waals surface area contributed by atoms with Gasteiger partial charge in [0.2, 0.25) is 0 Å². The van der Waals surface area contributed by atoms with E-state index >= 15 is 0 Å². The molecule has 12 heteroatoms. The van der Waals surface area contributed by atoms with Crippen molar-refractivity contribution in [3.05, 3.63) is 83.0 Å². The number of nitrogens with zero attached hydrogens (tertiary/aromatic N) is 3. The summed E-state index contributed by atoms with van der Waals surface area (Å²) in [6.07, 6.45) is -9.18. The molecule has 2 heterocycles. The van der Waals surface area contributed by atoms with Crippen LogP contribution in [0.3, 0.4) is 0 Å². The lowest BCUT2D eigenvalue weighted by Gasteiger charge is -2.14. The highest BCUT2D eigenvalue weighted by molar-refractivity contribution is 7.14. The molecule has 1 amide bonds. The Labute approximate surface area is 186 Å². The van der Waals surface area contributed by atoms with Gasteiger partial charge in [0.05, 0.1) is 28.7 Å². The zero-order valence-electron chi connectivity index (χ0n) is 16.3. The fourth-order valence-electron chi connectivity index (χ4n) is 3.03. The van der Waals surface area contributed by atoms with Crippen molar-refractivity contribution in [2.75, 3.05) is 5.32 Å². The first kappa shape index (κ1) is 22.5. The van der Waals surface area contributed by atoms with Crippen LogP contribution in [0.15, 0.2) is 66.2 Å². The zero-order valence-corrected chi connectivity index (χ0v) is 17.1.